The van der Waals surface area contributed by atoms with E-state index in [0.29, 0.717) is 23.8 Å². The summed E-state index contributed by atoms with van der Waals surface area (Å²) in [5, 5.41) is 0. The molecule has 1 N–H and O–H groups in total. The maximum Gasteiger partial charge on any atom is 0.358 e. The van der Waals surface area contributed by atoms with Gasteiger partial charge in [0.15, 0.2) is 5.69 Å². The van der Waals surface area contributed by atoms with E-state index in [1.165, 1.54) is 7.11 Å². The van der Waals surface area contributed by atoms with Crippen LogP contribution in [0.4, 0.5) is 0 Å². The van der Waals surface area contributed by atoms with E-state index in [0.717, 1.165) is 27.8 Å². The number of nitrogens with zero attached hydrogens (tertiary/aromatic N) is 1. The van der Waals surface area contributed by atoms with Crippen molar-refractivity contribution in [3.63, 3.8) is 0 Å². The summed E-state index contributed by atoms with van der Waals surface area (Å²) >= 11 is 3.49. The Hall–Kier alpha value is -1.82. The number of esters is 1. The van der Waals surface area contributed by atoms with Crippen molar-refractivity contribution in [2.75, 3.05) is 13.7 Å². The summed E-state index contributed by atoms with van der Waals surface area (Å²) in [6, 6.07) is 3.98. The quantitative estimate of drug-likeness (QED) is 0.856. The third kappa shape index (κ3) is 2.10. The summed E-state index contributed by atoms with van der Waals surface area (Å²) in [6.07, 6.45) is 0.880. The van der Waals surface area contributed by atoms with Gasteiger partial charge in [-0.25, -0.2) is 9.78 Å². The highest BCUT2D eigenvalue weighted by Gasteiger charge is 2.22. The van der Waals surface area contributed by atoms with Crippen molar-refractivity contribution in [3.8, 4) is 17.1 Å². The molecule has 1 aromatic heterocycles. The Kier molecular flexibility index (Phi) is 3.25. The number of aromatic nitrogens is 2. The standard InChI is InChI=1S/C14H13BrN2O3/c1-7-11(14(18)19-2)17-13(16-7)10-6-9(15)5-8-3-4-20-12(8)10/h5-6H,3-4H2,1-2H3,(H,16,17). The molecule has 6 heteroatoms. The number of fused-ring (bicyclic) bond motifs is 1. The van der Waals surface area contributed by atoms with Crippen molar-refractivity contribution in [1.29, 1.82) is 0 Å². The van der Waals surface area contributed by atoms with Gasteiger partial charge in [0.05, 0.1) is 19.3 Å². The molecular formula is C14H13BrN2O3. The van der Waals surface area contributed by atoms with Crippen LogP contribution in [-0.4, -0.2) is 29.7 Å². The predicted octanol–water partition coefficient (Wildman–Crippen LogP) is 2.87. The van der Waals surface area contributed by atoms with Crippen LogP contribution in [0, 0.1) is 6.92 Å². The number of methoxy groups -OCH3 is 1. The van der Waals surface area contributed by atoms with Gasteiger partial charge in [-0.2, -0.15) is 0 Å². The molecule has 0 saturated heterocycles. The average Bonchev–Trinajstić information content (AvgIpc) is 3.03. The van der Waals surface area contributed by atoms with Gasteiger partial charge in [-0.15, -0.1) is 0 Å². The molecule has 0 bridgehead atoms. The number of carbonyl (C=O) groups excluding carboxylic acids is 1. The molecule has 2 heterocycles. The van der Waals surface area contributed by atoms with Crippen molar-refractivity contribution in [2.45, 2.75) is 13.3 Å². The summed E-state index contributed by atoms with van der Waals surface area (Å²) in [7, 11) is 1.34. The fourth-order valence-electron chi connectivity index (χ4n) is 2.33. The van der Waals surface area contributed by atoms with Crippen molar-refractivity contribution < 1.29 is 14.3 Å². The summed E-state index contributed by atoms with van der Waals surface area (Å²) in [6.45, 7) is 2.46. The monoisotopic (exact) mass is 336 g/mol. The van der Waals surface area contributed by atoms with Gasteiger partial charge in [0.25, 0.3) is 0 Å². The van der Waals surface area contributed by atoms with Crippen LogP contribution in [0.2, 0.25) is 0 Å². The third-order valence-electron chi connectivity index (χ3n) is 3.27. The smallest absolute Gasteiger partial charge is 0.358 e. The Morgan fingerprint density at radius 2 is 2.30 bits per heavy atom. The van der Waals surface area contributed by atoms with E-state index in [2.05, 4.69) is 25.9 Å². The molecule has 5 nitrogen and oxygen atoms in total. The fraction of sp³-hybridized carbons (Fsp3) is 0.286. The first-order chi connectivity index (χ1) is 9.60. The number of aromatic amines is 1. The Bertz CT molecular complexity index is 694. The average molecular weight is 337 g/mol. The zero-order valence-corrected chi connectivity index (χ0v) is 12.7. The number of carbonyl (C=O) groups is 1. The van der Waals surface area contributed by atoms with Crippen molar-refractivity contribution in [2.24, 2.45) is 0 Å². The van der Waals surface area contributed by atoms with Crippen LogP contribution in [0.3, 0.4) is 0 Å². The molecule has 0 spiro atoms. The number of aryl methyl sites for hydroxylation is 1. The molecule has 0 amide bonds. The maximum atomic E-state index is 11.6. The number of benzene rings is 1. The molecule has 1 aromatic carbocycles. The molecule has 0 radical (unpaired) electrons. The van der Waals surface area contributed by atoms with Crippen LogP contribution in [0.25, 0.3) is 11.4 Å². The lowest BCUT2D eigenvalue weighted by Gasteiger charge is -2.06. The lowest BCUT2D eigenvalue weighted by atomic mass is 10.1. The molecule has 1 aliphatic heterocycles. The van der Waals surface area contributed by atoms with Crippen LogP contribution in [0.5, 0.6) is 5.75 Å². The van der Waals surface area contributed by atoms with Gasteiger partial charge in [-0.1, -0.05) is 15.9 Å². The van der Waals surface area contributed by atoms with Crippen LogP contribution in [-0.2, 0) is 11.2 Å². The molecule has 0 fully saturated rings. The summed E-state index contributed by atoms with van der Waals surface area (Å²) in [4.78, 5) is 19.1. The summed E-state index contributed by atoms with van der Waals surface area (Å²) in [5.41, 5.74) is 2.97. The Morgan fingerprint density at radius 3 is 3.05 bits per heavy atom. The molecule has 0 saturated carbocycles. The van der Waals surface area contributed by atoms with Gasteiger partial charge in [0.2, 0.25) is 0 Å². The number of hydrogen-bond donors (Lipinski definition) is 1. The Balaban J connectivity index is 2.13. The largest absolute Gasteiger partial charge is 0.492 e. The number of nitrogens with one attached hydrogen (secondary N) is 1. The normalized spacial score (nSPS) is 12.9. The van der Waals surface area contributed by atoms with Gasteiger partial charge in [-0.05, 0) is 24.6 Å². The molecule has 2 aromatic rings. The minimum Gasteiger partial charge on any atom is -0.492 e. The molecule has 3 rings (SSSR count). The molecule has 1 aliphatic rings. The minimum atomic E-state index is -0.447. The van der Waals surface area contributed by atoms with Crippen LogP contribution < -0.4 is 4.74 Å². The van der Waals surface area contributed by atoms with E-state index in [1.807, 2.05) is 12.1 Å². The lowest BCUT2D eigenvalue weighted by Crippen LogP contribution is -2.03. The first kappa shape index (κ1) is 13.2. The molecule has 104 valence electrons. The van der Waals surface area contributed by atoms with Crippen LogP contribution in [0.15, 0.2) is 16.6 Å². The van der Waals surface area contributed by atoms with Crippen LogP contribution >= 0.6 is 15.9 Å². The zero-order valence-electron chi connectivity index (χ0n) is 11.1. The lowest BCUT2D eigenvalue weighted by molar-refractivity contribution is 0.0594. The SMILES string of the molecule is COC(=O)c1nc(-c2cc(Br)cc3c2OCC3)[nH]c1C. The van der Waals surface area contributed by atoms with Crippen molar-refractivity contribution in [1.82, 2.24) is 9.97 Å². The fourth-order valence-corrected chi connectivity index (χ4v) is 2.83. The van der Waals surface area contributed by atoms with Gasteiger partial charge in [0, 0.05) is 16.6 Å². The Labute approximate surface area is 124 Å². The number of rotatable bonds is 2. The highest BCUT2D eigenvalue weighted by molar-refractivity contribution is 9.10. The van der Waals surface area contributed by atoms with Crippen molar-refractivity contribution in [3.05, 3.63) is 33.6 Å². The number of hydrogen-bond acceptors (Lipinski definition) is 4. The second-order valence-electron chi connectivity index (χ2n) is 4.59. The molecule has 0 unspecified atom stereocenters. The van der Waals surface area contributed by atoms with E-state index >= 15 is 0 Å². The topological polar surface area (TPSA) is 64.2 Å². The summed E-state index contributed by atoms with van der Waals surface area (Å²) in [5.74, 6) is 0.998. The van der Waals surface area contributed by atoms with Gasteiger partial charge >= 0.3 is 5.97 Å². The van der Waals surface area contributed by atoms with E-state index in [4.69, 9.17) is 9.47 Å². The first-order valence-corrected chi connectivity index (χ1v) is 7.00. The van der Waals surface area contributed by atoms with Crippen LogP contribution in [0.1, 0.15) is 21.7 Å². The van der Waals surface area contributed by atoms with Gasteiger partial charge in [0.1, 0.15) is 11.6 Å². The predicted molar refractivity (Wildman–Crippen MR) is 77.0 cm³/mol. The van der Waals surface area contributed by atoms with E-state index in [-0.39, 0.29) is 0 Å². The van der Waals surface area contributed by atoms with E-state index in [1.54, 1.807) is 6.92 Å². The number of halogens is 1. The van der Waals surface area contributed by atoms with E-state index in [9.17, 15) is 4.79 Å². The van der Waals surface area contributed by atoms with Gasteiger partial charge < -0.3 is 14.5 Å². The zero-order chi connectivity index (χ0) is 14.3. The highest BCUT2D eigenvalue weighted by atomic mass is 79.9. The second-order valence-corrected chi connectivity index (χ2v) is 5.51. The van der Waals surface area contributed by atoms with Crippen molar-refractivity contribution >= 4 is 21.9 Å². The molecular weight excluding hydrogens is 324 g/mol. The molecule has 0 atom stereocenters. The van der Waals surface area contributed by atoms with Gasteiger partial charge in [-0.3, -0.25) is 0 Å². The minimum absolute atomic E-state index is 0.300. The van der Waals surface area contributed by atoms with E-state index < -0.39 is 5.97 Å². The second kappa shape index (κ2) is 4.94. The highest BCUT2D eigenvalue weighted by Crippen LogP contribution is 2.38. The number of imidazole rings is 1. The molecule has 20 heavy (non-hydrogen) atoms. The molecule has 0 aliphatic carbocycles. The number of H-pyrrole nitrogens is 1. The Morgan fingerprint density at radius 1 is 1.50 bits per heavy atom. The number of ether oxygens (including phenoxy) is 2. The maximum absolute atomic E-state index is 11.6. The first-order valence-electron chi connectivity index (χ1n) is 6.20. The third-order valence-corrected chi connectivity index (χ3v) is 3.72. The summed E-state index contributed by atoms with van der Waals surface area (Å²) < 4.78 is 11.4.